The van der Waals surface area contributed by atoms with Gasteiger partial charge >= 0.3 is 5.97 Å². The van der Waals surface area contributed by atoms with Crippen LogP contribution in [0.25, 0.3) is 6.08 Å². The average Bonchev–Trinajstić information content (AvgIpc) is 3.25. The summed E-state index contributed by atoms with van der Waals surface area (Å²) < 4.78 is 25.1. The molecule has 0 radical (unpaired) electrons. The number of halogens is 1. The molecule has 0 saturated carbocycles. The minimum atomic E-state index is -0.814. The van der Waals surface area contributed by atoms with Gasteiger partial charge in [-0.2, -0.15) is 0 Å². The number of carbonyl (C=O) groups excluding carboxylic acids is 1. The number of esters is 1. The summed E-state index contributed by atoms with van der Waals surface area (Å²) in [6.07, 6.45) is 4.78. The van der Waals surface area contributed by atoms with Crippen molar-refractivity contribution in [1.82, 2.24) is 4.57 Å². The van der Waals surface area contributed by atoms with E-state index in [4.69, 9.17) is 23.9 Å². The average molecular weight is 628 g/mol. The van der Waals surface area contributed by atoms with Gasteiger partial charge in [-0.15, -0.1) is 0 Å². The monoisotopic (exact) mass is 626 g/mol. The van der Waals surface area contributed by atoms with Crippen molar-refractivity contribution in [3.8, 4) is 17.2 Å². The number of rotatable bonds is 11. The smallest absolute Gasteiger partial charge is 0.338 e. The van der Waals surface area contributed by atoms with Crippen LogP contribution in [0.2, 0.25) is 0 Å². The number of thiazole rings is 1. The lowest BCUT2D eigenvalue weighted by Gasteiger charge is -2.27. The molecule has 40 heavy (non-hydrogen) atoms. The van der Waals surface area contributed by atoms with Crippen molar-refractivity contribution in [2.75, 3.05) is 27.4 Å². The maximum Gasteiger partial charge on any atom is 0.338 e. The SMILES string of the molecule is C=CCOc1ccc(/C=c2\sc3n(c2=O)[C@@H](c2cc(OC)ccc2OC)C(C(=O)OCC)=C(CCC)N=3)cc1Br. The van der Waals surface area contributed by atoms with Crippen molar-refractivity contribution < 1.29 is 23.7 Å². The first-order valence-corrected chi connectivity index (χ1v) is 14.4. The topological polar surface area (TPSA) is 88.3 Å². The number of fused-ring (bicyclic) bond motifs is 1. The Kier molecular flexibility index (Phi) is 9.65. The summed E-state index contributed by atoms with van der Waals surface area (Å²) in [6.45, 7) is 8.01. The molecule has 1 aromatic heterocycles. The van der Waals surface area contributed by atoms with Gasteiger partial charge in [0.2, 0.25) is 0 Å². The Morgan fingerprint density at radius 3 is 2.58 bits per heavy atom. The van der Waals surface area contributed by atoms with E-state index >= 15 is 0 Å². The van der Waals surface area contributed by atoms with Gasteiger partial charge in [-0.25, -0.2) is 9.79 Å². The van der Waals surface area contributed by atoms with Crippen LogP contribution >= 0.6 is 27.3 Å². The van der Waals surface area contributed by atoms with E-state index in [2.05, 4.69) is 22.5 Å². The predicted molar refractivity (Wildman–Crippen MR) is 159 cm³/mol. The van der Waals surface area contributed by atoms with Crippen molar-refractivity contribution >= 4 is 39.3 Å². The van der Waals surface area contributed by atoms with Crippen molar-refractivity contribution in [3.63, 3.8) is 0 Å². The molecule has 0 saturated heterocycles. The van der Waals surface area contributed by atoms with Crippen molar-refractivity contribution in [1.29, 1.82) is 0 Å². The van der Waals surface area contributed by atoms with E-state index in [1.54, 1.807) is 56.1 Å². The number of carbonyl (C=O) groups is 1. The minimum Gasteiger partial charge on any atom is -0.497 e. The van der Waals surface area contributed by atoms with Gasteiger partial charge in [0.1, 0.15) is 29.9 Å². The van der Waals surface area contributed by atoms with Gasteiger partial charge in [-0.3, -0.25) is 9.36 Å². The highest BCUT2D eigenvalue weighted by Crippen LogP contribution is 2.38. The lowest BCUT2D eigenvalue weighted by molar-refractivity contribution is -0.139. The fraction of sp³-hybridized carbons (Fsp3) is 0.300. The van der Waals surface area contributed by atoms with Gasteiger partial charge in [-0.05, 0) is 71.2 Å². The molecule has 0 unspecified atom stereocenters. The summed E-state index contributed by atoms with van der Waals surface area (Å²) in [6, 6.07) is 10.1. The number of nitrogens with zero attached hydrogens (tertiary/aromatic N) is 2. The Bertz CT molecular complexity index is 1640. The van der Waals surface area contributed by atoms with Crippen LogP contribution in [0.15, 0.2) is 74.6 Å². The highest BCUT2D eigenvalue weighted by Gasteiger charge is 2.36. The lowest BCUT2D eigenvalue weighted by Crippen LogP contribution is -2.40. The zero-order valence-corrected chi connectivity index (χ0v) is 25.3. The number of aromatic nitrogens is 1. The van der Waals surface area contributed by atoms with E-state index in [0.717, 1.165) is 16.5 Å². The van der Waals surface area contributed by atoms with Crippen LogP contribution in [0.5, 0.6) is 17.2 Å². The molecule has 0 spiro atoms. The summed E-state index contributed by atoms with van der Waals surface area (Å²) in [5.74, 6) is 1.24. The number of hydrogen-bond acceptors (Lipinski definition) is 8. The van der Waals surface area contributed by atoms with Gasteiger partial charge in [0.15, 0.2) is 4.80 Å². The molecule has 0 bridgehead atoms. The normalized spacial score (nSPS) is 14.8. The van der Waals surface area contributed by atoms with Gasteiger partial charge in [0.25, 0.3) is 5.56 Å². The van der Waals surface area contributed by atoms with Crippen LogP contribution in [0.1, 0.15) is 43.9 Å². The second kappa shape index (κ2) is 13.1. The molecule has 2 heterocycles. The Balaban J connectivity index is 1.98. The van der Waals surface area contributed by atoms with E-state index < -0.39 is 12.0 Å². The molecule has 0 amide bonds. The fourth-order valence-electron chi connectivity index (χ4n) is 4.49. The highest BCUT2D eigenvalue weighted by atomic mass is 79.9. The maximum atomic E-state index is 14.0. The lowest BCUT2D eigenvalue weighted by atomic mass is 9.93. The maximum absolute atomic E-state index is 14.0. The second-order valence-electron chi connectivity index (χ2n) is 8.81. The molecule has 10 heteroatoms. The van der Waals surface area contributed by atoms with Crippen LogP contribution < -0.4 is 29.1 Å². The van der Waals surface area contributed by atoms with Gasteiger partial charge in [-0.1, -0.05) is 43.4 Å². The predicted octanol–water partition coefficient (Wildman–Crippen LogP) is 4.92. The van der Waals surface area contributed by atoms with E-state index in [1.165, 1.54) is 11.3 Å². The van der Waals surface area contributed by atoms with Crippen molar-refractivity contribution in [3.05, 3.63) is 95.6 Å². The molecule has 210 valence electrons. The molecule has 1 aliphatic heterocycles. The second-order valence-corrected chi connectivity index (χ2v) is 10.7. The molecule has 1 atom stereocenters. The number of hydrogen-bond donors (Lipinski definition) is 0. The summed E-state index contributed by atoms with van der Waals surface area (Å²) in [7, 11) is 3.11. The molecule has 8 nitrogen and oxygen atoms in total. The third kappa shape index (κ3) is 5.93. The molecule has 2 aromatic carbocycles. The number of allylic oxidation sites excluding steroid dienone is 1. The first kappa shape index (κ1) is 29.4. The summed E-state index contributed by atoms with van der Waals surface area (Å²) >= 11 is 4.81. The first-order valence-electron chi connectivity index (χ1n) is 12.8. The van der Waals surface area contributed by atoms with E-state index in [0.29, 0.717) is 56.4 Å². The number of methoxy groups -OCH3 is 2. The standard InChI is InChI=1S/C30H31BrN2O6S/c1-6-9-22-26(29(35)38-8-3)27(20-17-19(36-4)11-13-23(20)37-5)33-28(34)25(40-30(33)32-22)16-18-10-12-24(21(31)15-18)39-14-7-2/h7,10-13,15-17,27H,2,6,8-9,14H2,1,3-5H3/b25-16-/t27-/m0/s1. The molecular weight excluding hydrogens is 596 g/mol. The zero-order valence-electron chi connectivity index (χ0n) is 22.9. The summed E-state index contributed by atoms with van der Waals surface area (Å²) in [5.41, 5.74) is 2.04. The van der Waals surface area contributed by atoms with Crippen molar-refractivity contribution in [2.45, 2.75) is 32.7 Å². The zero-order chi connectivity index (χ0) is 28.8. The summed E-state index contributed by atoms with van der Waals surface area (Å²) in [4.78, 5) is 32.8. The number of ether oxygens (including phenoxy) is 4. The fourth-order valence-corrected chi connectivity index (χ4v) is 6.02. The van der Waals surface area contributed by atoms with E-state index in [-0.39, 0.29) is 12.2 Å². The van der Waals surface area contributed by atoms with Crippen LogP contribution in [0.3, 0.4) is 0 Å². The molecule has 0 aliphatic carbocycles. The van der Waals surface area contributed by atoms with Crippen molar-refractivity contribution in [2.24, 2.45) is 4.99 Å². The van der Waals surface area contributed by atoms with E-state index in [9.17, 15) is 9.59 Å². The van der Waals surface area contributed by atoms with Crippen LogP contribution in [0.4, 0.5) is 0 Å². The molecule has 3 aromatic rings. The molecule has 0 N–H and O–H groups in total. The number of benzene rings is 2. The van der Waals surface area contributed by atoms with Gasteiger partial charge in [0.05, 0.1) is 41.1 Å². The Hall–Kier alpha value is -3.63. The highest BCUT2D eigenvalue weighted by molar-refractivity contribution is 9.10. The van der Waals surface area contributed by atoms with E-state index in [1.807, 2.05) is 25.1 Å². The van der Waals surface area contributed by atoms with Gasteiger partial charge in [0, 0.05) is 5.56 Å². The molecular formula is C30H31BrN2O6S. The third-order valence-corrected chi connectivity index (χ3v) is 7.84. The third-order valence-electron chi connectivity index (χ3n) is 6.23. The largest absolute Gasteiger partial charge is 0.497 e. The Labute approximate surface area is 245 Å². The molecule has 1 aliphatic rings. The van der Waals surface area contributed by atoms with Crippen LogP contribution in [-0.4, -0.2) is 38.0 Å². The van der Waals surface area contributed by atoms with Crippen LogP contribution in [-0.2, 0) is 9.53 Å². The summed E-state index contributed by atoms with van der Waals surface area (Å²) in [5, 5.41) is 0. The Morgan fingerprint density at radius 1 is 1.15 bits per heavy atom. The Morgan fingerprint density at radius 2 is 1.93 bits per heavy atom. The quantitative estimate of drug-likeness (QED) is 0.222. The minimum absolute atomic E-state index is 0.190. The van der Waals surface area contributed by atoms with Crippen LogP contribution in [0, 0.1) is 0 Å². The molecule has 0 fully saturated rings. The van der Waals surface area contributed by atoms with Gasteiger partial charge < -0.3 is 18.9 Å². The molecule has 4 rings (SSSR count). The first-order chi connectivity index (χ1) is 19.4.